The lowest BCUT2D eigenvalue weighted by Crippen LogP contribution is -2.27. The van der Waals surface area contributed by atoms with Gasteiger partial charge in [-0.05, 0) is 31.2 Å². The van der Waals surface area contributed by atoms with Crippen LogP contribution in [-0.4, -0.2) is 13.0 Å². The number of carbonyl (C=O) groups excluding carboxylic acids is 1. The second-order valence-electron chi connectivity index (χ2n) is 4.49. The zero-order valence-corrected chi connectivity index (χ0v) is 11.2. The standard InChI is InChI=1S/C15H14F2N2O/c1-9-12(17)7-10(8-13(9)18)15(20)19(2)14-6-4-3-5-11(14)16/h3-8H,18H2,1-2H3. The van der Waals surface area contributed by atoms with E-state index in [4.69, 9.17) is 5.73 Å². The molecule has 1 amide bonds. The van der Waals surface area contributed by atoms with Gasteiger partial charge in [0.05, 0.1) is 5.69 Å². The predicted octanol–water partition coefficient (Wildman–Crippen LogP) is 3.13. The third-order valence-electron chi connectivity index (χ3n) is 3.15. The fourth-order valence-electron chi connectivity index (χ4n) is 1.85. The van der Waals surface area contributed by atoms with Gasteiger partial charge < -0.3 is 10.6 Å². The predicted molar refractivity (Wildman–Crippen MR) is 74.7 cm³/mol. The summed E-state index contributed by atoms with van der Waals surface area (Å²) in [6.45, 7) is 1.53. The Morgan fingerprint density at radius 3 is 2.40 bits per heavy atom. The zero-order valence-electron chi connectivity index (χ0n) is 11.2. The number of anilines is 2. The molecule has 0 spiro atoms. The molecule has 0 heterocycles. The summed E-state index contributed by atoms with van der Waals surface area (Å²) in [5.41, 5.74) is 6.32. The van der Waals surface area contributed by atoms with E-state index in [0.29, 0.717) is 0 Å². The summed E-state index contributed by atoms with van der Waals surface area (Å²) in [5.74, 6) is -1.61. The SMILES string of the molecule is Cc1c(N)cc(C(=O)N(C)c2ccccc2F)cc1F. The average Bonchev–Trinajstić information content (AvgIpc) is 2.43. The van der Waals surface area contributed by atoms with Gasteiger partial charge in [0.1, 0.15) is 11.6 Å². The molecule has 0 bridgehead atoms. The van der Waals surface area contributed by atoms with Crippen LogP contribution < -0.4 is 10.6 Å². The minimum atomic E-state index is -0.560. The Kier molecular flexibility index (Phi) is 3.70. The second kappa shape index (κ2) is 5.28. The lowest BCUT2D eigenvalue weighted by atomic mass is 10.1. The summed E-state index contributed by atoms with van der Waals surface area (Å²) in [5, 5.41) is 0. The Balaban J connectivity index is 2.39. The highest BCUT2D eigenvalue weighted by molar-refractivity contribution is 6.06. The average molecular weight is 276 g/mol. The van der Waals surface area contributed by atoms with Crippen molar-refractivity contribution in [3.05, 3.63) is 59.2 Å². The monoisotopic (exact) mass is 276 g/mol. The molecule has 0 fully saturated rings. The van der Waals surface area contributed by atoms with Crippen molar-refractivity contribution in [3.8, 4) is 0 Å². The normalized spacial score (nSPS) is 10.4. The molecule has 0 saturated heterocycles. The Morgan fingerprint density at radius 1 is 1.15 bits per heavy atom. The number of halogens is 2. The van der Waals surface area contributed by atoms with Crippen molar-refractivity contribution in [2.45, 2.75) is 6.92 Å². The Bertz CT molecular complexity index is 648. The van der Waals surface area contributed by atoms with Gasteiger partial charge in [-0.3, -0.25) is 4.79 Å². The van der Waals surface area contributed by atoms with Crippen LogP contribution in [-0.2, 0) is 0 Å². The Labute approximate surface area is 115 Å². The van der Waals surface area contributed by atoms with E-state index in [1.54, 1.807) is 6.07 Å². The molecule has 3 nitrogen and oxygen atoms in total. The van der Waals surface area contributed by atoms with Crippen molar-refractivity contribution in [1.82, 2.24) is 0 Å². The molecule has 0 radical (unpaired) electrons. The van der Waals surface area contributed by atoms with Crippen LogP contribution in [0.1, 0.15) is 15.9 Å². The van der Waals surface area contributed by atoms with Crippen molar-refractivity contribution >= 4 is 17.3 Å². The maximum absolute atomic E-state index is 13.6. The van der Waals surface area contributed by atoms with Gasteiger partial charge in [0.15, 0.2) is 0 Å². The summed E-state index contributed by atoms with van der Waals surface area (Å²) in [4.78, 5) is 13.4. The highest BCUT2D eigenvalue weighted by Gasteiger charge is 2.18. The molecule has 20 heavy (non-hydrogen) atoms. The number of carbonyl (C=O) groups is 1. The fourth-order valence-corrected chi connectivity index (χ4v) is 1.85. The molecule has 0 saturated carbocycles. The van der Waals surface area contributed by atoms with Crippen LogP contribution in [0.5, 0.6) is 0 Å². The van der Waals surface area contributed by atoms with Gasteiger partial charge in [-0.2, -0.15) is 0 Å². The van der Waals surface area contributed by atoms with E-state index in [-0.39, 0.29) is 22.5 Å². The van der Waals surface area contributed by atoms with Crippen LogP contribution in [0.3, 0.4) is 0 Å². The van der Waals surface area contributed by atoms with Gasteiger partial charge in [-0.25, -0.2) is 8.78 Å². The van der Waals surface area contributed by atoms with E-state index < -0.39 is 17.5 Å². The minimum Gasteiger partial charge on any atom is -0.398 e. The van der Waals surface area contributed by atoms with E-state index in [2.05, 4.69) is 0 Å². The van der Waals surface area contributed by atoms with Crippen LogP contribution in [0.25, 0.3) is 0 Å². The third-order valence-corrected chi connectivity index (χ3v) is 3.15. The number of nitrogens with zero attached hydrogens (tertiary/aromatic N) is 1. The molecule has 0 aliphatic carbocycles. The fraction of sp³-hybridized carbons (Fsp3) is 0.133. The molecule has 0 unspecified atom stereocenters. The summed E-state index contributed by atoms with van der Waals surface area (Å²) in [6.07, 6.45) is 0. The van der Waals surface area contributed by atoms with Gasteiger partial charge in [-0.15, -0.1) is 0 Å². The van der Waals surface area contributed by atoms with Crippen LogP contribution in [0.2, 0.25) is 0 Å². The van der Waals surface area contributed by atoms with Crippen molar-refractivity contribution in [2.75, 3.05) is 17.7 Å². The molecular formula is C15H14F2N2O. The molecule has 0 aliphatic rings. The molecule has 0 atom stereocenters. The number of rotatable bonds is 2. The quantitative estimate of drug-likeness (QED) is 0.856. The summed E-state index contributed by atoms with van der Waals surface area (Å²) in [6, 6.07) is 8.36. The zero-order chi connectivity index (χ0) is 14.9. The molecule has 2 rings (SSSR count). The number of para-hydroxylation sites is 1. The number of nitrogen functional groups attached to an aromatic ring is 1. The Hall–Kier alpha value is -2.43. The van der Waals surface area contributed by atoms with Crippen molar-refractivity contribution in [1.29, 1.82) is 0 Å². The first-order valence-electron chi connectivity index (χ1n) is 6.00. The molecular weight excluding hydrogens is 262 g/mol. The highest BCUT2D eigenvalue weighted by atomic mass is 19.1. The lowest BCUT2D eigenvalue weighted by molar-refractivity contribution is 0.0992. The summed E-state index contributed by atoms with van der Waals surface area (Å²) >= 11 is 0. The first-order chi connectivity index (χ1) is 9.41. The van der Waals surface area contributed by atoms with Crippen molar-refractivity contribution < 1.29 is 13.6 Å². The van der Waals surface area contributed by atoms with Gasteiger partial charge in [-0.1, -0.05) is 12.1 Å². The molecule has 0 aliphatic heterocycles. The van der Waals surface area contributed by atoms with Gasteiger partial charge in [0, 0.05) is 23.9 Å². The maximum Gasteiger partial charge on any atom is 0.258 e. The molecule has 104 valence electrons. The maximum atomic E-state index is 13.6. The van der Waals surface area contributed by atoms with Crippen molar-refractivity contribution in [3.63, 3.8) is 0 Å². The summed E-state index contributed by atoms with van der Waals surface area (Å²) < 4.78 is 27.3. The van der Waals surface area contributed by atoms with Gasteiger partial charge >= 0.3 is 0 Å². The van der Waals surface area contributed by atoms with E-state index in [1.165, 1.54) is 38.2 Å². The van der Waals surface area contributed by atoms with E-state index in [1.807, 2.05) is 0 Å². The number of benzene rings is 2. The third kappa shape index (κ3) is 2.47. The molecule has 2 aromatic carbocycles. The first-order valence-corrected chi connectivity index (χ1v) is 6.00. The molecule has 2 N–H and O–H groups in total. The van der Waals surface area contributed by atoms with E-state index in [0.717, 1.165) is 11.0 Å². The molecule has 2 aromatic rings. The highest BCUT2D eigenvalue weighted by Crippen LogP contribution is 2.22. The lowest BCUT2D eigenvalue weighted by Gasteiger charge is -2.18. The minimum absolute atomic E-state index is 0.0800. The molecule has 5 heteroatoms. The van der Waals surface area contributed by atoms with Crippen LogP contribution in [0.15, 0.2) is 36.4 Å². The Morgan fingerprint density at radius 2 is 1.80 bits per heavy atom. The number of amides is 1. The van der Waals surface area contributed by atoms with Crippen LogP contribution in [0, 0.1) is 18.6 Å². The number of nitrogens with two attached hydrogens (primary N) is 1. The van der Waals surface area contributed by atoms with Gasteiger partial charge in [0.2, 0.25) is 0 Å². The first kappa shape index (κ1) is 14.0. The number of hydrogen-bond acceptors (Lipinski definition) is 2. The summed E-state index contributed by atoms with van der Waals surface area (Å²) in [7, 11) is 1.43. The van der Waals surface area contributed by atoms with Crippen molar-refractivity contribution in [2.24, 2.45) is 0 Å². The van der Waals surface area contributed by atoms with E-state index >= 15 is 0 Å². The number of hydrogen-bond donors (Lipinski definition) is 1. The molecule has 0 aromatic heterocycles. The van der Waals surface area contributed by atoms with E-state index in [9.17, 15) is 13.6 Å². The van der Waals surface area contributed by atoms with Gasteiger partial charge in [0.25, 0.3) is 5.91 Å². The smallest absolute Gasteiger partial charge is 0.258 e. The second-order valence-corrected chi connectivity index (χ2v) is 4.49. The van der Waals surface area contributed by atoms with Crippen LogP contribution >= 0.6 is 0 Å². The van der Waals surface area contributed by atoms with Crippen LogP contribution in [0.4, 0.5) is 20.2 Å². The largest absolute Gasteiger partial charge is 0.398 e. The topological polar surface area (TPSA) is 46.3 Å².